The molecule has 1 aromatic carbocycles. The largest absolute Gasteiger partial charge is 0.472 e. The fourth-order valence-electron chi connectivity index (χ4n) is 3.44. The van der Waals surface area contributed by atoms with Gasteiger partial charge in [-0.3, -0.25) is 0 Å². The summed E-state index contributed by atoms with van der Waals surface area (Å²) in [4.78, 5) is 16.2. The third-order valence-corrected chi connectivity index (χ3v) is 5.43. The highest BCUT2D eigenvalue weighted by Crippen LogP contribution is 2.17. The number of halogens is 1. The van der Waals surface area contributed by atoms with E-state index in [-0.39, 0.29) is 6.04 Å². The molecule has 0 radical (unpaired) electrons. The monoisotopic (exact) mass is 440 g/mol. The minimum absolute atomic E-state index is 0.103. The number of aromatic nitrogens is 3. The van der Waals surface area contributed by atoms with E-state index in [4.69, 9.17) is 14.5 Å². The molecule has 142 valence electrons. The van der Waals surface area contributed by atoms with Crippen molar-refractivity contribution in [1.82, 2.24) is 9.97 Å². The van der Waals surface area contributed by atoms with Gasteiger partial charge in [-0.25, -0.2) is 9.97 Å². The first-order chi connectivity index (χ1) is 13.8. The van der Waals surface area contributed by atoms with E-state index in [0.29, 0.717) is 25.7 Å². The molecule has 0 spiro atoms. The number of fused-ring (bicyclic) bond motifs is 2. The molecular weight excluding hydrogens is 422 g/mol. The van der Waals surface area contributed by atoms with Gasteiger partial charge in [0.25, 0.3) is 0 Å². The van der Waals surface area contributed by atoms with Gasteiger partial charge >= 0.3 is 5.49 Å². The number of hydrogen-bond donors (Lipinski definition) is 0. The molecule has 2 aromatic heterocycles. The molecule has 0 aliphatic carbocycles. The quantitative estimate of drug-likeness (QED) is 0.576. The number of ether oxygens (including phenoxy) is 2. The molecular formula is C20H19BrN5O2+. The second-order valence-electron chi connectivity index (χ2n) is 6.70. The highest BCUT2D eigenvalue weighted by atomic mass is 79.9. The zero-order chi connectivity index (χ0) is 18.9. The molecule has 28 heavy (non-hydrogen) atoms. The first-order valence-corrected chi connectivity index (χ1v) is 10.0. The van der Waals surface area contributed by atoms with Crippen LogP contribution in [0.2, 0.25) is 0 Å². The van der Waals surface area contributed by atoms with Crippen molar-refractivity contribution in [2.75, 3.05) is 37.8 Å². The highest BCUT2D eigenvalue weighted by molar-refractivity contribution is 9.10. The highest BCUT2D eigenvalue weighted by Gasteiger charge is 2.27. The van der Waals surface area contributed by atoms with Crippen LogP contribution in [0.15, 0.2) is 52.2 Å². The van der Waals surface area contributed by atoms with Crippen LogP contribution in [0.3, 0.4) is 0 Å². The molecule has 4 heterocycles. The summed E-state index contributed by atoms with van der Waals surface area (Å²) in [5, 5.41) is 1.10. The van der Waals surface area contributed by atoms with Gasteiger partial charge in [-0.1, -0.05) is 23.2 Å². The number of rotatable bonds is 4. The summed E-state index contributed by atoms with van der Waals surface area (Å²) in [5.41, 5.74) is 1.77. The molecule has 1 unspecified atom stereocenters. The topological polar surface area (TPSA) is 65.7 Å². The van der Waals surface area contributed by atoms with Crippen LogP contribution < -0.4 is 19.4 Å². The lowest BCUT2D eigenvalue weighted by Crippen LogP contribution is -2.46. The van der Waals surface area contributed by atoms with E-state index in [1.165, 1.54) is 0 Å². The minimum atomic E-state index is -0.103. The van der Waals surface area contributed by atoms with Crippen LogP contribution in [0.5, 0.6) is 5.88 Å². The van der Waals surface area contributed by atoms with Crippen molar-refractivity contribution in [2.45, 2.75) is 6.04 Å². The number of morpholine rings is 1. The van der Waals surface area contributed by atoms with Crippen molar-refractivity contribution in [3.63, 3.8) is 0 Å². The number of pyridine rings is 1. The van der Waals surface area contributed by atoms with Gasteiger partial charge in [0.15, 0.2) is 4.60 Å². The fourth-order valence-corrected chi connectivity index (χ4v) is 3.83. The molecule has 1 fully saturated rings. The van der Waals surface area contributed by atoms with Gasteiger partial charge < -0.3 is 14.4 Å². The number of para-hydroxylation sites is 1. The van der Waals surface area contributed by atoms with Crippen molar-refractivity contribution in [3.05, 3.63) is 58.9 Å². The van der Waals surface area contributed by atoms with E-state index >= 15 is 0 Å². The third kappa shape index (κ3) is 3.33. The Morgan fingerprint density at radius 3 is 2.93 bits per heavy atom. The van der Waals surface area contributed by atoms with Crippen LogP contribution in [0, 0.1) is 6.21 Å². The Kier molecular flexibility index (Phi) is 4.66. The Morgan fingerprint density at radius 2 is 2.04 bits per heavy atom. The second kappa shape index (κ2) is 7.44. The summed E-state index contributed by atoms with van der Waals surface area (Å²) in [7, 11) is 0. The maximum atomic E-state index is 5.94. The maximum Gasteiger partial charge on any atom is 0.367 e. The Labute approximate surface area is 170 Å². The van der Waals surface area contributed by atoms with E-state index in [1.54, 1.807) is 0 Å². The molecule has 1 atom stereocenters. The van der Waals surface area contributed by atoms with Crippen molar-refractivity contribution < 1.29 is 13.7 Å². The lowest BCUT2D eigenvalue weighted by Gasteiger charge is -2.26. The van der Waals surface area contributed by atoms with E-state index in [9.17, 15) is 0 Å². The van der Waals surface area contributed by atoms with Crippen LogP contribution in [-0.4, -0.2) is 48.9 Å². The van der Waals surface area contributed by atoms with Gasteiger partial charge in [0, 0.05) is 24.5 Å². The smallest absolute Gasteiger partial charge is 0.367 e. The van der Waals surface area contributed by atoms with E-state index in [2.05, 4.69) is 30.8 Å². The van der Waals surface area contributed by atoms with E-state index < -0.39 is 0 Å². The summed E-state index contributed by atoms with van der Waals surface area (Å²) >= 11 is 3.57. The standard InChI is InChI=1S/C20H19BrN5O2/c21-17-11-22-19(25-7-9-27-10-8-25)20-23-15(12-26(17)20)13-28-18-6-5-14-3-1-2-4-16(14)24-18/h1-6,11-12,15H,7-10,13H2/q+1. The van der Waals surface area contributed by atoms with Gasteiger partial charge in [0.1, 0.15) is 12.8 Å². The van der Waals surface area contributed by atoms with Crippen LogP contribution in [0.4, 0.5) is 5.82 Å². The molecule has 2 aliphatic heterocycles. The molecule has 8 heteroatoms. The van der Waals surface area contributed by atoms with Gasteiger partial charge in [-0.2, -0.15) is 4.24 Å². The van der Waals surface area contributed by atoms with Crippen LogP contribution in [0.25, 0.3) is 10.9 Å². The Bertz CT molecular complexity index is 1150. The number of nitrogens with zero attached hydrogens (tertiary/aromatic N) is 5. The molecule has 5 rings (SSSR count). The van der Waals surface area contributed by atoms with Crippen LogP contribution in [0.1, 0.15) is 0 Å². The van der Waals surface area contributed by atoms with E-state index in [0.717, 1.165) is 39.9 Å². The van der Waals surface area contributed by atoms with Crippen molar-refractivity contribution in [2.24, 2.45) is 4.99 Å². The molecule has 0 N–H and O–H groups in total. The summed E-state index contributed by atoms with van der Waals surface area (Å²) in [5.74, 6) is 1.49. The average Bonchev–Trinajstić information content (AvgIpc) is 3.18. The molecule has 2 aliphatic rings. The normalized spacial score (nSPS) is 18.5. The lowest BCUT2D eigenvalue weighted by atomic mass is 10.2. The molecule has 3 aromatic rings. The zero-order valence-electron chi connectivity index (χ0n) is 15.2. The third-order valence-electron chi connectivity index (χ3n) is 4.85. The van der Waals surface area contributed by atoms with Gasteiger partial charge in [-0.15, -0.1) is 0 Å². The van der Waals surface area contributed by atoms with Crippen molar-refractivity contribution >= 4 is 32.7 Å². The summed E-state index contributed by atoms with van der Waals surface area (Å²) in [6.45, 7) is 3.48. The predicted octanol–water partition coefficient (Wildman–Crippen LogP) is 1.61. The van der Waals surface area contributed by atoms with Gasteiger partial charge in [-0.05, 0) is 28.1 Å². The Hall–Kier alpha value is -2.58. The Balaban J connectivity index is 1.39. The average molecular weight is 441 g/mol. The molecule has 7 nitrogen and oxygen atoms in total. The first kappa shape index (κ1) is 17.5. The molecule has 0 amide bonds. The summed E-state index contributed by atoms with van der Waals surface area (Å²) in [6, 6.07) is 11.8. The maximum absolute atomic E-state index is 5.94. The van der Waals surface area contributed by atoms with E-state index in [1.807, 2.05) is 53.1 Å². The number of benzene rings is 1. The number of hydrogen-bond acceptors (Lipinski definition) is 6. The summed E-state index contributed by atoms with van der Waals surface area (Å²) < 4.78 is 14.3. The molecule has 0 saturated carbocycles. The zero-order valence-corrected chi connectivity index (χ0v) is 16.7. The van der Waals surface area contributed by atoms with Crippen molar-refractivity contribution in [3.8, 4) is 5.88 Å². The van der Waals surface area contributed by atoms with Crippen molar-refractivity contribution in [1.29, 1.82) is 0 Å². The number of anilines is 1. The SMILES string of the molecule is Brc1cnc(N2CCOCC2)c2[n+]1=CC(COc1ccc3ccccc3n1)N=2. The first-order valence-electron chi connectivity index (χ1n) is 9.25. The molecule has 1 saturated heterocycles. The van der Waals surface area contributed by atoms with Gasteiger partial charge in [0.2, 0.25) is 17.7 Å². The van der Waals surface area contributed by atoms with Crippen LogP contribution >= 0.6 is 15.9 Å². The van der Waals surface area contributed by atoms with Crippen LogP contribution in [-0.2, 0) is 4.74 Å². The summed E-state index contributed by atoms with van der Waals surface area (Å²) in [6.07, 6.45) is 3.86. The Morgan fingerprint density at radius 1 is 1.18 bits per heavy atom. The predicted molar refractivity (Wildman–Crippen MR) is 107 cm³/mol. The fraction of sp³-hybridized carbons (Fsp3) is 0.300. The molecule has 0 bridgehead atoms. The second-order valence-corrected chi connectivity index (χ2v) is 7.51. The lowest BCUT2D eigenvalue weighted by molar-refractivity contribution is -0.535. The van der Waals surface area contributed by atoms with Gasteiger partial charge in [0.05, 0.1) is 24.9 Å². The minimum Gasteiger partial charge on any atom is -0.472 e.